The number of pyridine rings is 1. The zero-order valence-corrected chi connectivity index (χ0v) is 18.3. The van der Waals surface area contributed by atoms with Gasteiger partial charge in [-0.15, -0.1) is 0 Å². The third-order valence-corrected chi connectivity index (χ3v) is 6.01. The molecule has 33 heavy (non-hydrogen) atoms. The number of rotatable bonds is 4. The van der Waals surface area contributed by atoms with Gasteiger partial charge in [0.05, 0.1) is 28.8 Å². The maximum absolute atomic E-state index is 12.9. The number of anilines is 2. The van der Waals surface area contributed by atoms with Gasteiger partial charge >= 0.3 is 0 Å². The van der Waals surface area contributed by atoms with Crippen LogP contribution < -0.4 is 10.2 Å². The van der Waals surface area contributed by atoms with Crippen molar-refractivity contribution < 1.29 is 14.4 Å². The molecule has 4 aromatic rings. The average Bonchev–Trinajstić information content (AvgIpc) is 3.07. The van der Waals surface area contributed by atoms with Crippen molar-refractivity contribution in [2.45, 2.75) is 20.3 Å². The molecular weight excluding hydrogens is 414 g/mol. The lowest BCUT2D eigenvalue weighted by atomic mass is 9.99. The normalized spacial score (nSPS) is 12.8. The molecule has 1 aliphatic heterocycles. The molecule has 5 rings (SSSR count). The number of aryl methyl sites for hydroxylation is 2. The first-order valence-corrected chi connectivity index (χ1v) is 10.7. The zero-order chi connectivity index (χ0) is 23.1. The number of fused-ring (bicyclic) bond motifs is 2. The summed E-state index contributed by atoms with van der Waals surface area (Å²) in [6, 6.07) is 21.4. The Morgan fingerprint density at radius 3 is 2.27 bits per heavy atom. The van der Waals surface area contributed by atoms with E-state index >= 15 is 0 Å². The number of imide groups is 1. The molecule has 1 aliphatic rings. The highest BCUT2D eigenvalue weighted by Gasteiger charge is 2.36. The number of hydrogen-bond acceptors (Lipinski definition) is 4. The summed E-state index contributed by atoms with van der Waals surface area (Å²) in [6.07, 6.45) is 0.173. The number of benzene rings is 3. The summed E-state index contributed by atoms with van der Waals surface area (Å²) in [5, 5.41) is 3.92. The van der Waals surface area contributed by atoms with E-state index in [9.17, 15) is 14.4 Å². The smallest absolute Gasteiger partial charge is 0.266 e. The quantitative estimate of drug-likeness (QED) is 0.466. The summed E-state index contributed by atoms with van der Waals surface area (Å²) >= 11 is 0. The lowest BCUT2D eigenvalue weighted by molar-refractivity contribution is -0.115. The molecule has 0 spiro atoms. The fourth-order valence-corrected chi connectivity index (χ4v) is 4.34. The predicted molar refractivity (Wildman–Crippen MR) is 128 cm³/mol. The number of nitrogens with one attached hydrogen (secondary N) is 1. The summed E-state index contributed by atoms with van der Waals surface area (Å²) in [5.74, 6) is -0.932. The molecule has 2 heterocycles. The van der Waals surface area contributed by atoms with Crippen LogP contribution in [-0.2, 0) is 11.2 Å². The van der Waals surface area contributed by atoms with E-state index in [1.807, 2.05) is 38.1 Å². The Morgan fingerprint density at radius 2 is 1.55 bits per heavy atom. The first-order chi connectivity index (χ1) is 15.9. The lowest BCUT2D eigenvalue weighted by Gasteiger charge is -2.16. The zero-order valence-electron chi connectivity index (χ0n) is 18.3. The third kappa shape index (κ3) is 3.55. The molecule has 1 aromatic heterocycles. The van der Waals surface area contributed by atoms with Gasteiger partial charge in [0.2, 0.25) is 5.91 Å². The van der Waals surface area contributed by atoms with E-state index in [1.165, 1.54) is 0 Å². The van der Waals surface area contributed by atoms with Gasteiger partial charge < -0.3 is 5.32 Å². The monoisotopic (exact) mass is 435 g/mol. The molecule has 6 nitrogen and oxygen atoms in total. The fraction of sp³-hybridized carbons (Fsp3) is 0.111. The molecule has 0 saturated heterocycles. The van der Waals surface area contributed by atoms with Crippen LogP contribution >= 0.6 is 0 Å². The highest BCUT2D eigenvalue weighted by molar-refractivity contribution is 6.34. The summed E-state index contributed by atoms with van der Waals surface area (Å²) in [5.41, 5.74) is 5.34. The molecule has 0 unspecified atom stereocenters. The molecule has 3 aromatic carbocycles. The van der Waals surface area contributed by atoms with E-state index in [-0.39, 0.29) is 24.1 Å². The number of carbonyl (C=O) groups excluding carboxylic acids is 3. The minimum Gasteiger partial charge on any atom is -0.326 e. The van der Waals surface area contributed by atoms with E-state index in [0.717, 1.165) is 32.6 Å². The SMILES string of the molecule is Cc1nc2ccccc2c(C)c1CC(=O)Nc1cccc(N2C(=O)c3ccccc3C2=O)c1. The Morgan fingerprint density at radius 1 is 0.879 bits per heavy atom. The number of para-hydroxylation sites is 1. The largest absolute Gasteiger partial charge is 0.326 e. The average molecular weight is 435 g/mol. The van der Waals surface area contributed by atoms with Crippen molar-refractivity contribution in [1.82, 2.24) is 4.98 Å². The summed E-state index contributed by atoms with van der Waals surface area (Å²) < 4.78 is 0. The van der Waals surface area contributed by atoms with Crippen LogP contribution in [0, 0.1) is 13.8 Å². The van der Waals surface area contributed by atoms with Gasteiger partial charge in [0, 0.05) is 16.8 Å². The van der Waals surface area contributed by atoms with Crippen LogP contribution in [0.2, 0.25) is 0 Å². The molecule has 3 amide bonds. The third-order valence-electron chi connectivity index (χ3n) is 6.01. The topological polar surface area (TPSA) is 79.4 Å². The molecule has 0 saturated carbocycles. The van der Waals surface area contributed by atoms with Crippen molar-refractivity contribution in [3.63, 3.8) is 0 Å². The van der Waals surface area contributed by atoms with Crippen molar-refractivity contribution in [3.8, 4) is 0 Å². The Hall–Kier alpha value is -4.32. The Labute approximate surface area is 190 Å². The van der Waals surface area contributed by atoms with E-state index in [1.54, 1.807) is 48.5 Å². The van der Waals surface area contributed by atoms with Crippen LogP contribution in [-0.4, -0.2) is 22.7 Å². The second-order valence-electron chi connectivity index (χ2n) is 8.08. The molecular formula is C27H21N3O3. The Kier molecular flexibility index (Phi) is 4.98. The minimum absolute atomic E-state index is 0.173. The first kappa shape index (κ1) is 20.6. The summed E-state index contributed by atoms with van der Waals surface area (Å²) in [7, 11) is 0. The van der Waals surface area contributed by atoms with Gasteiger partial charge in [0.1, 0.15) is 0 Å². The van der Waals surface area contributed by atoms with Crippen molar-refractivity contribution >= 4 is 40.0 Å². The fourth-order valence-electron chi connectivity index (χ4n) is 4.34. The van der Waals surface area contributed by atoms with E-state index in [4.69, 9.17) is 0 Å². The minimum atomic E-state index is -0.368. The van der Waals surface area contributed by atoms with E-state index in [0.29, 0.717) is 22.5 Å². The van der Waals surface area contributed by atoms with Gasteiger partial charge in [0.15, 0.2) is 0 Å². The van der Waals surface area contributed by atoms with Gasteiger partial charge in [-0.05, 0) is 61.4 Å². The maximum Gasteiger partial charge on any atom is 0.266 e. The van der Waals surface area contributed by atoms with Crippen LogP contribution in [0.3, 0.4) is 0 Å². The molecule has 0 bridgehead atoms. The van der Waals surface area contributed by atoms with E-state index in [2.05, 4.69) is 10.3 Å². The summed E-state index contributed by atoms with van der Waals surface area (Å²) in [4.78, 5) is 44.2. The van der Waals surface area contributed by atoms with E-state index < -0.39 is 0 Å². The summed E-state index contributed by atoms with van der Waals surface area (Å²) in [6.45, 7) is 3.91. The molecule has 162 valence electrons. The van der Waals surface area contributed by atoms with Gasteiger partial charge in [-0.1, -0.05) is 36.4 Å². The first-order valence-electron chi connectivity index (χ1n) is 10.7. The van der Waals surface area contributed by atoms with Crippen LogP contribution in [0.25, 0.3) is 10.9 Å². The van der Waals surface area contributed by atoms with Gasteiger partial charge in [-0.2, -0.15) is 0 Å². The Bertz CT molecular complexity index is 1420. The van der Waals surface area contributed by atoms with Crippen molar-refractivity contribution in [2.24, 2.45) is 0 Å². The lowest BCUT2D eigenvalue weighted by Crippen LogP contribution is -2.29. The van der Waals surface area contributed by atoms with Crippen molar-refractivity contribution in [3.05, 3.63) is 101 Å². The number of carbonyl (C=O) groups is 3. The molecule has 6 heteroatoms. The molecule has 0 aliphatic carbocycles. The van der Waals surface area contributed by atoms with Crippen LogP contribution in [0.5, 0.6) is 0 Å². The van der Waals surface area contributed by atoms with Gasteiger partial charge in [-0.25, -0.2) is 4.90 Å². The molecule has 0 atom stereocenters. The highest BCUT2D eigenvalue weighted by atomic mass is 16.2. The second kappa shape index (κ2) is 7.98. The van der Waals surface area contributed by atoms with Gasteiger partial charge in [-0.3, -0.25) is 19.4 Å². The maximum atomic E-state index is 12.9. The molecule has 0 radical (unpaired) electrons. The van der Waals surface area contributed by atoms with Crippen LogP contribution in [0.1, 0.15) is 37.5 Å². The number of hydrogen-bond donors (Lipinski definition) is 1. The number of aromatic nitrogens is 1. The second-order valence-corrected chi connectivity index (χ2v) is 8.08. The van der Waals surface area contributed by atoms with Crippen molar-refractivity contribution in [2.75, 3.05) is 10.2 Å². The number of nitrogens with zero attached hydrogens (tertiary/aromatic N) is 2. The van der Waals surface area contributed by atoms with Gasteiger partial charge in [0.25, 0.3) is 11.8 Å². The molecule has 1 N–H and O–H groups in total. The number of amides is 3. The van der Waals surface area contributed by atoms with Crippen molar-refractivity contribution in [1.29, 1.82) is 0 Å². The van der Waals surface area contributed by atoms with Crippen LogP contribution in [0.4, 0.5) is 11.4 Å². The highest BCUT2D eigenvalue weighted by Crippen LogP contribution is 2.30. The molecule has 0 fully saturated rings. The predicted octanol–water partition coefficient (Wildman–Crippen LogP) is 4.83. The van der Waals surface area contributed by atoms with Crippen LogP contribution in [0.15, 0.2) is 72.8 Å². The Balaban J connectivity index is 1.38. The standard InChI is InChI=1S/C27H21N3O3/c1-16-20-10-5-6-13-24(20)28-17(2)23(16)15-25(31)29-18-8-7-9-19(14-18)30-26(32)21-11-3-4-12-22(21)27(30)33/h3-14H,15H2,1-2H3,(H,29,31).